The van der Waals surface area contributed by atoms with Crippen molar-refractivity contribution in [3.05, 3.63) is 65.2 Å². The summed E-state index contributed by atoms with van der Waals surface area (Å²) in [4.78, 5) is 25.9. The fourth-order valence-corrected chi connectivity index (χ4v) is 3.29. The molecule has 1 aliphatic rings. The zero-order valence-electron chi connectivity index (χ0n) is 12.8. The molecule has 1 unspecified atom stereocenters. The van der Waals surface area contributed by atoms with Crippen molar-refractivity contribution in [2.45, 2.75) is 17.9 Å². The van der Waals surface area contributed by atoms with E-state index < -0.39 is 17.1 Å². The van der Waals surface area contributed by atoms with Gasteiger partial charge in [-0.2, -0.15) is 0 Å². The summed E-state index contributed by atoms with van der Waals surface area (Å²) in [6, 6.07) is 13.5. The van der Waals surface area contributed by atoms with Gasteiger partial charge in [-0.05, 0) is 29.7 Å². The third-order valence-corrected chi connectivity index (χ3v) is 4.67. The van der Waals surface area contributed by atoms with Crippen LogP contribution in [0.15, 0.2) is 53.4 Å². The molecule has 0 bridgehead atoms. The highest BCUT2D eigenvalue weighted by Gasteiger charge is 2.31. The second-order valence-corrected chi connectivity index (χ2v) is 6.33. The van der Waals surface area contributed by atoms with Crippen LogP contribution < -0.4 is 5.32 Å². The van der Waals surface area contributed by atoms with E-state index in [0.717, 1.165) is 5.56 Å². The van der Waals surface area contributed by atoms with E-state index in [-0.39, 0.29) is 19.0 Å². The van der Waals surface area contributed by atoms with Crippen molar-refractivity contribution >= 4 is 23.0 Å². The molecule has 0 saturated carbocycles. The van der Waals surface area contributed by atoms with Gasteiger partial charge in [0, 0.05) is 12.1 Å². The predicted molar refractivity (Wildman–Crippen MR) is 88.9 cm³/mol. The van der Waals surface area contributed by atoms with Crippen LogP contribution in [0.4, 0.5) is 4.79 Å². The van der Waals surface area contributed by atoms with Crippen molar-refractivity contribution in [3.8, 4) is 0 Å². The molecule has 0 radical (unpaired) electrons. The van der Waals surface area contributed by atoms with Gasteiger partial charge < -0.3 is 9.87 Å². The van der Waals surface area contributed by atoms with Gasteiger partial charge in [0.2, 0.25) is 0 Å². The number of nitrogens with one attached hydrogen (secondary N) is 1. The van der Waals surface area contributed by atoms with Crippen LogP contribution in [0.25, 0.3) is 0 Å². The van der Waals surface area contributed by atoms with Crippen LogP contribution in [0, 0.1) is 0 Å². The van der Waals surface area contributed by atoms with E-state index in [0.29, 0.717) is 22.4 Å². The highest BCUT2D eigenvalue weighted by molar-refractivity contribution is 7.79. The summed E-state index contributed by atoms with van der Waals surface area (Å²) < 4.78 is 20.5. The first kappa shape index (κ1) is 16.4. The molecule has 3 rings (SSSR count). The fourth-order valence-electron chi connectivity index (χ4n) is 2.70. The third-order valence-electron chi connectivity index (χ3n) is 3.90. The number of fused-ring (bicyclic) bond motifs is 1. The maximum atomic E-state index is 12.2. The van der Waals surface area contributed by atoms with Gasteiger partial charge in [-0.15, -0.1) is 0 Å². The van der Waals surface area contributed by atoms with Crippen LogP contribution in [0.1, 0.15) is 21.5 Å². The largest absolute Gasteiger partial charge is 0.337 e. The molecule has 0 aliphatic carbocycles. The Bertz CT molecular complexity index is 822. The third kappa shape index (κ3) is 3.22. The van der Waals surface area contributed by atoms with Crippen LogP contribution in [-0.2, 0) is 24.0 Å². The molecule has 1 aliphatic heterocycles. The topological polar surface area (TPSA) is 86.7 Å². The number of hydrogen-bond acceptors (Lipinski definition) is 3. The Balaban J connectivity index is 1.60. The van der Waals surface area contributed by atoms with Crippen molar-refractivity contribution in [3.63, 3.8) is 0 Å². The van der Waals surface area contributed by atoms with Gasteiger partial charge in [-0.25, -0.2) is 9.00 Å². The number of benzene rings is 2. The molecule has 0 aromatic heterocycles. The van der Waals surface area contributed by atoms with Crippen LogP contribution in [0.2, 0.25) is 0 Å². The molecule has 2 aromatic carbocycles. The lowest BCUT2D eigenvalue weighted by Crippen LogP contribution is -2.40. The molecule has 24 heavy (non-hydrogen) atoms. The number of urea groups is 1. The SMILES string of the molecule is O=C(NCCc1ccccc1S(=O)O)N1Cc2ccccc2C1=O. The molecule has 3 amide bonds. The van der Waals surface area contributed by atoms with E-state index >= 15 is 0 Å². The second-order valence-electron chi connectivity index (χ2n) is 5.39. The summed E-state index contributed by atoms with van der Waals surface area (Å²) >= 11 is -2.07. The van der Waals surface area contributed by atoms with Crippen molar-refractivity contribution in [1.82, 2.24) is 10.2 Å². The lowest BCUT2D eigenvalue weighted by atomic mass is 10.1. The van der Waals surface area contributed by atoms with Crippen molar-refractivity contribution in [2.24, 2.45) is 0 Å². The first-order valence-electron chi connectivity index (χ1n) is 7.44. The average Bonchev–Trinajstić information content (AvgIpc) is 2.92. The Morgan fingerprint density at radius 3 is 2.62 bits per heavy atom. The lowest BCUT2D eigenvalue weighted by molar-refractivity contribution is 0.0821. The summed E-state index contributed by atoms with van der Waals surface area (Å²) in [6.07, 6.45) is 0.406. The van der Waals surface area contributed by atoms with Crippen LogP contribution in [-0.4, -0.2) is 32.1 Å². The number of amides is 3. The van der Waals surface area contributed by atoms with E-state index in [1.54, 1.807) is 36.4 Å². The first-order chi connectivity index (χ1) is 11.6. The van der Waals surface area contributed by atoms with Crippen LogP contribution in [0.3, 0.4) is 0 Å². The van der Waals surface area contributed by atoms with Crippen LogP contribution in [0.5, 0.6) is 0 Å². The molecule has 0 fully saturated rings. The van der Waals surface area contributed by atoms with Gasteiger partial charge in [-0.3, -0.25) is 9.69 Å². The molecular weight excluding hydrogens is 328 g/mol. The fraction of sp³-hybridized carbons (Fsp3) is 0.176. The molecule has 1 heterocycles. The van der Waals surface area contributed by atoms with Gasteiger partial charge in [0.1, 0.15) is 0 Å². The van der Waals surface area contributed by atoms with Crippen molar-refractivity contribution < 1.29 is 18.4 Å². The number of carbonyl (C=O) groups is 2. The molecule has 6 nitrogen and oxygen atoms in total. The average molecular weight is 344 g/mol. The summed E-state index contributed by atoms with van der Waals surface area (Å²) in [5, 5.41) is 2.69. The van der Waals surface area contributed by atoms with E-state index in [4.69, 9.17) is 0 Å². The highest BCUT2D eigenvalue weighted by Crippen LogP contribution is 2.22. The van der Waals surface area contributed by atoms with Gasteiger partial charge in [0.25, 0.3) is 5.91 Å². The standard InChI is InChI=1S/C17H16N2O4S/c20-16-14-7-3-1-6-13(14)11-19(16)17(21)18-10-9-12-5-2-4-8-15(12)24(22)23/h1-8H,9-11H2,(H,18,21)(H,22,23). The normalized spacial score (nSPS) is 14.4. The Kier molecular flexibility index (Phi) is 4.73. The highest BCUT2D eigenvalue weighted by atomic mass is 32.2. The summed E-state index contributed by atoms with van der Waals surface area (Å²) in [5.41, 5.74) is 2.07. The minimum absolute atomic E-state index is 0.262. The number of rotatable bonds is 4. The summed E-state index contributed by atoms with van der Waals surface area (Å²) in [5.74, 6) is -0.306. The Hall–Kier alpha value is -2.51. The van der Waals surface area contributed by atoms with Gasteiger partial charge in [-0.1, -0.05) is 36.4 Å². The summed E-state index contributed by atoms with van der Waals surface area (Å²) in [7, 11) is 0. The molecule has 0 spiro atoms. The minimum atomic E-state index is -2.07. The smallest absolute Gasteiger partial charge is 0.324 e. The van der Waals surface area contributed by atoms with E-state index in [2.05, 4.69) is 5.32 Å². The Morgan fingerprint density at radius 2 is 1.88 bits per heavy atom. The zero-order valence-corrected chi connectivity index (χ0v) is 13.6. The van der Waals surface area contributed by atoms with Gasteiger partial charge in [0.05, 0.1) is 11.4 Å². The molecule has 1 atom stereocenters. The van der Waals surface area contributed by atoms with E-state index in [1.807, 2.05) is 12.1 Å². The number of hydrogen-bond donors (Lipinski definition) is 2. The maximum absolute atomic E-state index is 12.2. The molecule has 7 heteroatoms. The van der Waals surface area contributed by atoms with Crippen LogP contribution >= 0.6 is 0 Å². The Labute approximate surface area is 141 Å². The number of imide groups is 1. The Morgan fingerprint density at radius 1 is 1.17 bits per heavy atom. The second kappa shape index (κ2) is 6.94. The molecule has 2 N–H and O–H groups in total. The molecular formula is C17H16N2O4S. The van der Waals surface area contributed by atoms with Gasteiger partial charge in [0.15, 0.2) is 11.1 Å². The zero-order chi connectivity index (χ0) is 17.1. The minimum Gasteiger partial charge on any atom is -0.337 e. The van der Waals surface area contributed by atoms with E-state index in [1.165, 1.54) is 4.90 Å². The molecule has 2 aromatic rings. The summed E-state index contributed by atoms with van der Waals surface area (Å²) in [6.45, 7) is 0.533. The molecule has 124 valence electrons. The maximum Gasteiger partial charge on any atom is 0.324 e. The van der Waals surface area contributed by atoms with Gasteiger partial charge >= 0.3 is 6.03 Å². The monoisotopic (exact) mass is 344 g/mol. The van der Waals surface area contributed by atoms with Crippen molar-refractivity contribution in [2.75, 3.05) is 6.54 Å². The quantitative estimate of drug-likeness (QED) is 0.832. The first-order valence-corrected chi connectivity index (χ1v) is 8.55. The number of carbonyl (C=O) groups excluding carboxylic acids is 2. The molecule has 0 saturated heterocycles. The number of nitrogens with zero attached hydrogens (tertiary/aromatic N) is 1. The predicted octanol–water partition coefficient (Wildman–Crippen LogP) is 2.18. The van der Waals surface area contributed by atoms with E-state index in [9.17, 15) is 18.4 Å². The lowest BCUT2D eigenvalue weighted by Gasteiger charge is -2.15. The van der Waals surface area contributed by atoms with Crippen molar-refractivity contribution in [1.29, 1.82) is 0 Å².